The van der Waals surface area contributed by atoms with E-state index in [0.29, 0.717) is 55.2 Å². The van der Waals surface area contributed by atoms with Gasteiger partial charge in [-0.1, -0.05) is 6.07 Å². The van der Waals surface area contributed by atoms with Crippen LogP contribution in [0.25, 0.3) is 0 Å². The summed E-state index contributed by atoms with van der Waals surface area (Å²) in [6.45, 7) is 3.19. The van der Waals surface area contributed by atoms with Crippen LogP contribution in [0.5, 0.6) is 11.5 Å². The van der Waals surface area contributed by atoms with Gasteiger partial charge in [0.25, 0.3) is 5.91 Å². The van der Waals surface area contributed by atoms with Gasteiger partial charge in [0.1, 0.15) is 11.5 Å². The third kappa shape index (κ3) is 5.13. The summed E-state index contributed by atoms with van der Waals surface area (Å²) in [5.41, 5.74) is 6.15. The summed E-state index contributed by atoms with van der Waals surface area (Å²) in [6, 6.07) is 13.4. The van der Waals surface area contributed by atoms with E-state index in [0.717, 1.165) is 0 Å². The van der Waals surface area contributed by atoms with Crippen LogP contribution in [0.4, 0.5) is 0 Å². The van der Waals surface area contributed by atoms with Crippen molar-refractivity contribution in [1.82, 2.24) is 4.90 Å². The molecular formula is C22H24N2O5. The van der Waals surface area contributed by atoms with Gasteiger partial charge in [-0.2, -0.15) is 0 Å². The van der Waals surface area contributed by atoms with Gasteiger partial charge in [0, 0.05) is 24.2 Å². The number of primary amides is 1. The summed E-state index contributed by atoms with van der Waals surface area (Å²) in [5.74, 6) is 0.131. The maximum atomic E-state index is 12.8. The first kappa shape index (κ1) is 20.4. The number of rotatable bonds is 6. The third-order valence-electron chi connectivity index (χ3n) is 4.86. The first-order valence-electron chi connectivity index (χ1n) is 9.61. The van der Waals surface area contributed by atoms with Gasteiger partial charge < -0.3 is 20.1 Å². The Morgan fingerprint density at radius 3 is 2.31 bits per heavy atom. The average Bonchev–Trinajstić information content (AvgIpc) is 2.74. The van der Waals surface area contributed by atoms with Crippen LogP contribution in [-0.4, -0.2) is 42.4 Å². The van der Waals surface area contributed by atoms with Gasteiger partial charge in [-0.05, 0) is 62.2 Å². The second-order valence-electron chi connectivity index (χ2n) is 6.84. The van der Waals surface area contributed by atoms with E-state index in [2.05, 4.69) is 0 Å². The largest absolute Gasteiger partial charge is 0.466 e. The molecule has 0 unspecified atom stereocenters. The van der Waals surface area contributed by atoms with E-state index in [9.17, 15) is 14.4 Å². The Morgan fingerprint density at radius 1 is 1.00 bits per heavy atom. The van der Waals surface area contributed by atoms with Crippen molar-refractivity contribution in [2.24, 2.45) is 11.7 Å². The minimum absolute atomic E-state index is 0.0955. The molecular weight excluding hydrogens is 372 g/mol. The molecule has 2 aromatic rings. The lowest BCUT2D eigenvalue weighted by atomic mass is 9.96. The number of nitrogens with two attached hydrogens (primary N) is 1. The molecule has 152 valence electrons. The number of carbonyl (C=O) groups excluding carboxylic acids is 3. The summed E-state index contributed by atoms with van der Waals surface area (Å²) < 4.78 is 10.9. The molecule has 1 aliphatic heterocycles. The van der Waals surface area contributed by atoms with Crippen LogP contribution in [0.3, 0.4) is 0 Å². The molecule has 1 fully saturated rings. The van der Waals surface area contributed by atoms with E-state index >= 15 is 0 Å². The van der Waals surface area contributed by atoms with Crippen molar-refractivity contribution in [3.63, 3.8) is 0 Å². The molecule has 7 heteroatoms. The van der Waals surface area contributed by atoms with Gasteiger partial charge >= 0.3 is 5.97 Å². The third-order valence-corrected chi connectivity index (χ3v) is 4.86. The first-order valence-corrected chi connectivity index (χ1v) is 9.61. The predicted molar refractivity (Wildman–Crippen MR) is 107 cm³/mol. The highest BCUT2D eigenvalue weighted by Crippen LogP contribution is 2.25. The Hall–Kier alpha value is -3.35. The van der Waals surface area contributed by atoms with Crippen LogP contribution in [0, 0.1) is 5.92 Å². The van der Waals surface area contributed by atoms with Crippen LogP contribution in [0.2, 0.25) is 0 Å². The Balaban J connectivity index is 1.62. The zero-order valence-electron chi connectivity index (χ0n) is 16.3. The van der Waals surface area contributed by atoms with Gasteiger partial charge in [-0.15, -0.1) is 0 Å². The average molecular weight is 396 g/mol. The maximum Gasteiger partial charge on any atom is 0.309 e. The Labute approximate surface area is 169 Å². The van der Waals surface area contributed by atoms with Crippen molar-refractivity contribution in [2.45, 2.75) is 19.8 Å². The van der Waals surface area contributed by atoms with Crippen molar-refractivity contribution >= 4 is 17.8 Å². The van der Waals surface area contributed by atoms with Gasteiger partial charge in [-0.3, -0.25) is 14.4 Å². The first-order chi connectivity index (χ1) is 14.0. The monoisotopic (exact) mass is 396 g/mol. The lowest BCUT2D eigenvalue weighted by molar-refractivity contribution is -0.149. The lowest BCUT2D eigenvalue weighted by Crippen LogP contribution is -2.40. The number of benzene rings is 2. The van der Waals surface area contributed by atoms with Crippen molar-refractivity contribution in [3.8, 4) is 11.5 Å². The van der Waals surface area contributed by atoms with Crippen LogP contribution in [-0.2, 0) is 9.53 Å². The van der Waals surface area contributed by atoms with E-state index in [-0.39, 0.29) is 17.8 Å². The highest BCUT2D eigenvalue weighted by atomic mass is 16.5. The normalized spacial score (nSPS) is 14.3. The molecule has 1 heterocycles. The molecule has 0 aromatic heterocycles. The van der Waals surface area contributed by atoms with E-state index in [1.807, 2.05) is 0 Å². The summed E-state index contributed by atoms with van der Waals surface area (Å²) in [6.07, 6.45) is 1.21. The predicted octanol–water partition coefficient (Wildman–Crippen LogP) is 2.99. The Kier molecular flexibility index (Phi) is 6.49. The van der Waals surface area contributed by atoms with E-state index in [4.69, 9.17) is 15.2 Å². The molecule has 3 rings (SSSR count). The number of amides is 2. The number of carbonyl (C=O) groups is 3. The fourth-order valence-corrected chi connectivity index (χ4v) is 3.28. The highest BCUT2D eigenvalue weighted by molar-refractivity contribution is 5.95. The molecule has 1 saturated heterocycles. The minimum atomic E-state index is -0.504. The summed E-state index contributed by atoms with van der Waals surface area (Å²) in [5, 5.41) is 0. The molecule has 2 N–H and O–H groups in total. The molecule has 0 aliphatic carbocycles. The SMILES string of the molecule is CCOC(=O)C1CCN(C(=O)c2cccc(Oc3ccc(C(N)=O)cc3)c2)CC1. The molecule has 2 aromatic carbocycles. The molecule has 0 atom stereocenters. The van der Waals surface area contributed by atoms with E-state index < -0.39 is 5.91 Å². The smallest absolute Gasteiger partial charge is 0.309 e. The molecule has 0 bridgehead atoms. The summed E-state index contributed by atoms with van der Waals surface area (Å²) in [4.78, 5) is 37.6. The Morgan fingerprint density at radius 2 is 1.69 bits per heavy atom. The van der Waals surface area contributed by atoms with Gasteiger partial charge in [0.05, 0.1) is 12.5 Å². The zero-order chi connectivity index (χ0) is 20.8. The number of ether oxygens (including phenoxy) is 2. The van der Waals surface area contributed by atoms with Gasteiger partial charge in [0.15, 0.2) is 0 Å². The topological polar surface area (TPSA) is 98.9 Å². The Bertz CT molecular complexity index is 886. The fourth-order valence-electron chi connectivity index (χ4n) is 3.28. The summed E-state index contributed by atoms with van der Waals surface area (Å²) in [7, 11) is 0. The molecule has 1 aliphatic rings. The molecule has 2 amide bonds. The maximum absolute atomic E-state index is 12.8. The summed E-state index contributed by atoms with van der Waals surface area (Å²) >= 11 is 0. The number of nitrogens with zero attached hydrogens (tertiary/aromatic N) is 1. The quantitative estimate of drug-likeness (QED) is 0.757. The number of esters is 1. The van der Waals surface area contributed by atoms with Gasteiger partial charge in [0.2, 0.25) is 5.91 Å². The van der Waals surface area contributed by atoms with Crippen LogP contribution in [0.15, 0.2) is 48.5 Å². The molecule has 0 radical (unpaired) electrons. The zero-order valence-corrected chi connectivity index (χ0v) is 16.3. The van der Waals surface area contributed by atoms with Crippen LogP contribution < -0.4 is 10.5 Å². The van der Waals surface area contributed by atoms with E-state index in [1.54, 1.807) is 60.4 Å². The number of piperidine rings is 1. The van der Waals surface area contributed by atoms with Crippen LogP contribution >= 0.6 is 0 Å². The van der Waals surface area contributed by atoms with Crippen molar-refractivity contribution in [2.75, 3.05) is 19.7 Å². The fraction of sp³-hybridized carbons (Fsp3) is 0.318. The second-order valence-corrected chi connectivity index (χ2v) is 6.84. The molecule has 0 saturated carbocycles. The van der Waals surface area contributed by atoms with Crippen LogP contribution in [0.1, 0.15) is 40.5 Å². The number of likely N-dealkylation sites (tertiary alicyclic amines) is 1. The minimum Gasteiger partial charge on any atom is -0.466 e. The lowest BCUT2D eigenvalue weighted by Gasteiger charge is -2.31. The van der Waals surface area contributed by atoms with Crippen molar-refractivity contribution < 1.29 is 23.9 Å². The number of hydrogen-bond acceptors (Lipinski definition) is 5. The highest BCUT2D eigenvalue weighted by Gasteiger charge is 2.28. The molecule has 7 nitrogen and oxygen atoms in total. The number of hydrogen-bond donors (Lipinski definition) is 1. The molecule has 29 heavy (non-hydrogen) atoms. The van der Waals surface area contributed by atoms with Gasteiger partial charge in [-0.25, -0.2) is 0 Å². The van der Waals surface area contributed by atoms with Crippen molar-refractivity contribution in [1.29, 1.82) is 0 Å². The van der Waals surface area contributed by atoms with Crippen molar-refractivity contribution in [3.05, 3.63) is 59.7 Å². The second kappa shape index (κ2) is 9.23. The van der Waals surface area contributed by atoms with E-state index in [1.165, 1.54) is 0 Å². The standard InChI is InChI=1S/C22H24N2O5/c1-2-28-22(27)16-10-12-24(13-11-16)21(26)17-4-3-5-19(14-17)29-18-8-6-15(7-9-18)20(23)25/h3-9,14,16H,2,10-13H2,1H3,(H2,23,25). The molecule has 0 spiro atoms.